The second kappa shape index (κ2) is 5.38. The minimum absolute atomic E-state index is 0.129. The third-order valence-corrected chi connectivity index (χ3v) is 5.08. The topological polar surface area (TPSA) is 74.8 Å². The predicted molar refractivity (Wildman–Crippen MR) is 92.0 cm³/mol. The van der Waals surface area contributed by atoms with Gasteiger partial charge >= 0.3 is 0 Å². The molecule has 0 amide bonds. The minimum Gasteiger partial charge on any atom is -0.280 e. The summed E-state index contributed by atoms with van der Waals surface area (Å²) in [7, 11) is -3.70. The average Bonchev–Trinajstić information content (AvgIpc) is 2.94. The Bertz CT molecular complexity index is 948. The van der Waals surface area contributed by atoms with Crippen molar-refractivity contribution in [1.82, 2.24) is 10.2 Å². The van der Waals surface area contributed by atoms with Gasteiger partial charge in [-0.25, -0.2) is 8.42 Å². The summed E-state index contributed by atoms with van der Waals surface area (Å²) < 4.78 is 28.0. The molecule has 120 valence electrons. The number of rotatable bonds is 3. The maximum atomic E-state index is 12.7. The molecule has 0 aliphatic carbocycles. The van der Waals surface area contributed by atoms with Crippen molar-refractivity contribution < 1.29 is 8.42 Å². The molecule has 0 aliphatic heterocycles. The van der Waals surface area contributed by atoms with Crippen LogP contribution in [0.15, 0.2) is 53.4 Å². The van der Waals surface area contributed by atoms with Crippen LogP contribution in [0.25, 0.3) is 10.8 Å². The Labute approximate surface area is 135 Å². The highest BCUT2D eigenvalue weighted by Gasteiger charge is 2.21. The molecule has 0 aliphatic rings. The zero-order chi connectivity index (χ0) is 16.7. The van der Waals surface area contributed by atoms with Crippen LogP contribution in [-0.4, -0.2) is 18.6 Å². The lowest BCUT2D eigenvalue weighted by Gasteiger charge is -2.14. The Morgan fingerprint density at radius 2 is 1.74 bits per heavy atom. The summed E-state index contributed by atoms with van der Waals surface area (Å²) in [5, 5.41) is 8.51. The SMILES string of the molecule is CC(C)(C)c1cc(NS(=O)(=O)c2cccc3ccccc23)n[nH]1. The summed E-state index contributed by atoms with van der Waals surface area (Å²) in [4.78, 5) is 0.246. The van der Waals surface area contributed by atoms with Crippen molar-refractivity contribution in [3.63, 3.8) is 0 Å². The first-order valence-corrected chi connectivity index (χ1v) is 8.82. The van der Waals surface area contributed by atoms with E-state index in [4.69, 9.17) is 0 Å². The number of hydrogen-bond acceptors (Lipinski definition) is 3. The standard InChI is InChI=1S/C17H19N3O2S/c1-17(2,3)15-11-16(19-18-15)20-23(21,22)14-10-6-8-12-7-4-5-9-13(12)14/h4-11H,1-3H3,(H2,18,19,20). The first kappa shape index (κ1) is 15.6. The van der Waals surface area contributed by atoms with Crippen LogP contribution in [0.1, 0.15) is 26.5 Å². The summed E-state index contributed by atoms with van der Waals surface area (Å²) in [5.41, 5.74) is 0.740. The van der Waals surface area contributed by atoms with Crippen molar-refractivity contribution >= 4 is 26.6 Å². The van der Waals surface area contributed by atoms with Gasteiger partial charge in [-0.3, -0.25) is 9.82 Å². The molecular formula is C17H19N3O2S. The zero-order valence-corrected chi connectivity index (χ0v) is 14.1. The van der Waals surface area contributed by atoms with Crippen LogP contribution >= 0.6 is 0 Å². The summed E-state index contributed by atoms with van der Waals surface area (Å²) >= 11 is 0. The zero-order valence-electron chi connectivity index (χ0n) is 13.3. The van der Waals surface area contributed by atoms with Gasteiger partial charge in [0.05, 0.1) is 4.90 Å². The molecule has 5 nitrogen and oxygen atoms in total. The number of aromatic amines is 1. The van der Waals surface area contributed by atoms with E-state index in [0.29, 0.717) is 11.2 Å². The van der Waals surface area contributed by atoms with Gasteiger partial charge in [0.1, 0.15) is 0 Å². The van der Waals surface area contributed by atoms with E-state index in [1.807, 2.05) is 45.0 Å². The Kier molecular flexibility index (Phi) is 3.64. The number of sulfonamides is 1. The second-order valence-corrected chi connectivity index (χ2v) is 8.15. The molecule has 0 spiro atoms. The van der Waals surface area contributed by atoms with Crippen molar-refractivity contribution in [3.8, 4) is 0 Å². The van der Waals surface area contributed by atoms with Crippen LogP contribution in [-0.2, 0) is 15.4 Å². The van der Waals surface area contributed by atoms with Crippen molar-refractivity contribution in [1.29, 1.82) is 0 Å². The third-order valence-electron chi connectivity index (χ3n) is 3.66. The number of aromatic nitrogens is 2. The minimum atomic E-state index is -3.70. The quantitative estimate of drug-likeness (QED) is 0.770. The molecule has 0 radical (unpaired) electrons. The highest BCUT2D eigenvalue weighted by Crippen LogP contribution is 2.26. The number of H-pyrrole nitrogens is 1. The molecule has 0 fully saturated rings. The average molecular weight is 329 g/mol. The van der Waals surface area contributed by atoms with Crippen LogP contribution in [0, 0.1) is 0 Å². The van der Waals surface area contributed by atoms with Gasteiger partial charge in [-0.15, -0.1) is 0 Å². The summed E-state index contributed by atoms with van der Waals surface area (Å²) in [5.74, 6) is 0.294. The lowest BCUT2D eigenvalue weighted by atomic mass is 9.92. The number of hydrogen-bond donors (Lipinski definition) is 2. The van der Waals surface area contributed by atoms with Crippen molar-refractivity contribution in [3.05, 3.63) is 54.2 Å². The maximum absolute atomic E-state index is 12.7. The van der Waals surface area contributed by atoms with E-state index in [9.17, 15) is 8.42 Å². The number of anilines is 1. The molecular weight excluding hydrogens is 310 g/mol. The molecule has 0 unspecified atom stereocenters. The van der Waals surface area contributed by atoms with Crippen molar-refractivity contribution in [2.45, 2.75) is 31.1 Å². The Balaban J connectivity index is 2.00. The van der Waals surface area contributed by atoms with E-state index in [2.05, 4.69) is 14.9 Å². The molecule has 2 aromatic carbocycles. The van der Waals surface area contributed by atoms with Crippen LogP contribution in [0.3, 0.4) is 0 Å². The third kappa shape index (κ3) is 3.07. The van der Waals surface area contributed by atoms with Crippen LogP contribution in [0.5, 0.6) is 0 Å². The Morgan fingerprint density at radius 1 is 1.04 bits per heavy atom. The number of nitrogens with one attached hydrogen (secondary N) is 2. The van der Waals surface area contributed by atoms with E-state index in [0.717, 1.165) is 11.1 Å². The van der Waals surface area contributed by atoms with Crippen molar-refractivity contribution in [2.75, 3.05) is 4.72 Å². The molecule has 0 bridgehead atoms. The second-order valence-electron chi connectivity index (χ2n) is 6.50. The van der Waals surface area contributed by atoms with Gasteiger partial charge in [0.2, 0.25) is 0 Å². The highest BCUT2D eigenvalue weighted by molar-refractivity contribution is 7.93. The molecule has 1 heterocycles. The monoisotopic (exact) mass is 329 g/mol. The summed E-state index contributed by atoms with van der Waals surface area (Å²) in [6.45, 7) is 6.09. The van der Waals surface area contributed by atoms with Crippen LogP contribution in [0.2, 0.25) is 0 Å². The highest BCUT2D eigenvalue weighted by atomic mass is 32.2. The molecule has 23 heavy (non-hydrogen) atoms. The fourth-order valence-corrected chi connectivity index (χ4v) is 3.60. The van der Waals surface area contributed by atoms with Gasteiger partial charge in [0.15, 0.2) is 5.82 Å². The fraction of sp³-hybridized carbons (Fsp3) is 0.235. The van der Waals surface area contributed by atoms with E-state index in [-0.39, 0.29) is 10.3 Å². The van der Waals surface area contributed by atoms with Crippen molar-refractivity contribution in [2.24, 2.45) is 0 Å². The fourth-order valence-electron chi connectivity index (χ4n) is 2.38. The molecule has 0 atom stereocenters. The molecule has 0 saturated heterocycles. The van der Waals surface area contributed by atoms with Gasteiger partial charge in [0.25, 0.3) is 10.0 Å². The van der Waals surface area contributed by atoms with E-state index in [1.165, 1.54) is 0 Å². The lowest BCUT2D eigenvalue weighted by molar-refractivity contribution is 0.567. The van der Waals surface area contributed by atoms with Gasteiger partial charge < -0.3 is 0 Å². The van der Waals surface area contributed by atoms with E-state index in [1.54, 1.807) is 24.3 Å². The molecule has 3 aromatic rings. The molecule has 0 saturated carbocycles. The summed E-state index contributed by atoms with van der Waals surface area (Å²) in [6.07, 6.45) is 0. The van der Waals surface area contributed by atoms with Crippen LogP contribution < -0.4 is 4.72 Å². The lowest BCUT2D eigenvalue weighted by Crippen LogP contribution is -2.14. The molecule has 3 rings (SSSR count). The van der Waals surface area contributed by atoms with Gasteiger partial charge in [0, 0.05) is 22.6 Å². The van der Waals surface area contributed by atoms with Gasteiger partial charge in [-0.1, -0.05) is 57.2 Å². The summed E-state index contributed by atoms with van der Waals surface area (Å²) in [6, 6.07) is 14.4. The number of nitrogens with zero attached hydrogens (tertiary/aromatic N) is 1. The molecule has 6 heteroatoms. The van der Waals surface area contributed by atoms with Crippen LogP contribution in [0.4, 0.5) is 5.82 Å². The first-order chi connectivity index (χ1) is 10.8. The van der Waals surface area contributed by atoms with Gasteiger partial charge in [-0.05, 0) is 11.5 Å². The predicted octanol–water partition coefficient (Wildman–Crippen LogP) is 3.66. The first-order valence-electron chi connectivity index (χ1n) is 7.34. The Morgan fingerprint density at radius 3 is 2.43 bits per heavy atom. The van der Waals surface area contributed by atoms with E-state index >= 15 is 0 Å². The molecule has 1 aromatic heterocycles. The largest absolute Gasteiger partial charge is 0.280 e. The normalized spacial score (nSPS) is 12.5. The van der Waals surface area contributed by atoms with Gasteiger partial charge in [-0.2, -0.15) is 5.10 Å². The molecule has 2 N–H and O–H groups in total. The smallest absolute Gasteiger partial charge is 0.263 e. The number of fused-ring (bicyclic) bond motifs is 1. The number of benzene rings is 2. The maximum Gasteiger partial charge on any atom is 0.263 e. The Hall–Kier alpha value is -2.34. The van der Waals surface area contributed by atoms with E-state index < -0.39 is 10.0 Å².